The molecule has 3 aromatic rings. The summed E-state index contributed by atoms with van der Waals surface area (Å²) in [5, 5.41) is 4.22. The number of carbonyl (C=O) groups excluding carboxylic acids is 3. The van der Waals surface area contributed by atoms with Gasteiger partial charge in [0, 0.05) is 29.1 Å². The van der Waals surface area contributed by atoms with E-state index < -0.39 is 6.04 Å². The fourth-order valence-electron chi connectivity index (χ4n) is 5.95. The third kappa shape index (κ3) is 3.14. The van der Waals surface area contributed by atoms with E-state index in [1.165, 1.54) is 11.3 Å². The van der Waals surface area contributed by atoms with E-state index >= 15 is 0 Å². The lowest BCUT2D eigenvalue weighted by molar-refractivity contribution is -0.120. The maximum absolute atomic E-state index is 13.7. The molecule has 1 saturated heterocycles. The zero-order valence-electron chi connectivity index (χ0n) is 19.2. The smallest absolute Gasteiger partial charge is 0.332 e. The van der Waals surface area contributed by atoms with E-state index in [0.29, 0.717) is 17.7 Å². The maximum atomic E-state index is 13.7. The molecule has 0 bridgehead atoms. The van der Waals surface area contributed by atoms with Gasteiger partial charge in [-0.25, -0.2) is 9.69 Å². The third-order valence-corrected chi connectivity index (χ3v) is 7.66. The summed E-state index contributed by atoms with van der Waals surface area (Å²) in [6, 6.07) is 13.9. The number of hydrogen-bond donors (Lipinski definition) is 2. The molecule has 174 valence electrons. The van der Waals surface area contributed by atoms with Gasteiger partial charge in [0.05, 0.1) is 17.3 Å². The summed E-state index contributed by atoms with van der Waals surface area (Å²) in [5.41, 5.74) is 3.81. The van der Waals surface area contributed by atoms with Gasteiger partial charge >= 0.3 is 6.03 Å². The molecule has 2 aliphatic heterocycles. The molecule has 0 spiro atoms. The largest absolute Gasteiger partial charge is 0.356 e. The number of aromatic nitrogens is 1. The molecule has 0 unspecified atom stereocenters. The Bertz CT molecular complexity index is 1310. The Morgan fingerprint density at radius 3 is 2.56 bits per heavy atom. The van der Waals surface area contributed by atoms with Crippen molar-refractivity contribution in [1.29, 1.82) is 0 Å². The number of nitrogens with zero attached hydrogens (tertiary/aromatic N) is 2. The van der Waals surface area contributed by atoms with Gasteiger partial charge in [0.2, 0.25) is 0 Å². The minimum atomic E-state index is -0.580. The number of aromatic amines is 1. The highest BCUT2D eigenvalue weighted by molar-refractivity contribution is 6.24. The van der Waals surface area contributed by atoms with Crippen LogP contribution < -0.4 is 10.2 Å². The van der Waals surface area contributed by atoms with Gasteiger partial charge in [0.1, 0.15) is 6.04 Å². The van der Waals surface area contributed by atoms with Crippen molar-refractivity contribution in [1.82, 2.24) is 15.2 Å². The molecule has 4 amide bonds. The molecule has 2 N–H and O–H groups in total. The van der Waals surface area contributed by atoms with Crippen LogP contribution in [0.2, 0.25) is 0 Å². The van der Waals surface area contributed by atoms with Crippen LogP contribution in [0.25, 0.3) is 10.9 Å². The number of para-hydroxylation sites is 2. The van der Waals surface area contributed by atoms with E-state index in [9.17, 15) is 14.4 Å². The van der Waals surface area contributed by atoms with Crippen molar-refractivity contribution in [3.8, 4) is 0 Å². The third-order valence-electron chi connectivity index (χ3n) is 7.66. The highest BCUT2D eigenvalue weighted by Gasteiger charge is 2.52. The highest BCUT2D eigenvalue weighted by atomic mass is 16.2. The summed E-state index contributed by atoms with van der Waals surface area (Å²) in [6.45, 7) is 1.96. The number of fused-ring (bicyclic) bond motifs is 4. The molecule has 7 heteroatoms. The quantitative estimate of drug-likeness (QED) is 0.561. The van der Waals surface area contributed by atoms with Gasteiger partial charge < -0.3 is 15.2 Å². The second-order valence-electron chi connectivity index (χ2n) is 9.65. The van der Waals surface area contributed by atoms with Gasteiger partial charge in [0.15, 0.2) is 0 Å². The number of benzene rings is 2. The summed E-state index contributed by atoms with van der Waals surface area (Å²) >= 11 is 0. The van der Waals surface area contributed by atoms with Crippen LogP contribution in [0.4, 0.5) is 10.5 Å². The Morgan fingerprint density at radius 2 is 1.74 bits per heavy atom. The van der Waals surface area contributed by atoms with Gasteiger partial charge in [0.25, 0.3) is 11.8 Å². The number of amides is 4. The van der Waals surface area contributed by atoms with E-state index in [1.54, 1.807) is 29.2 Å². The van der Waals surface area contributed by atoms with E-state index in [1.807, 2.05) is 25.1 Å². The second-order valence-corrected chi connectivity index (χ2v) is 9.65. The van der Waals surface area contributed by atoms with Crippen LogP contribution in [0.1, 0.15) is 66.7 Å². The van der Waals surface area contributed by atoms with Crippen LogP contribution in [0.3, 0.4) is 0 Å². The Balaban J connectivity index is 1.33. The summed E-state index contributed by atoms with van der Waals surface area (Å²) in [6.07, 6.45) is 5.81. The van der Waals surface area contributed by atoms with E-state index in [-0.39, 0.29) is 29.9 Å². The molecular weight excluding hydrogens is 428 g/mol. The summed E-state index contributed by atoms with van der Waals surface area (Å²) in [5.74, 6) is -0.497. The normalized spacial score (nSPS) is 22.7. The van der Waals surface area contributed by atoms with Crippen LogP contribution in [-0.4, -0.2) is 39.8 Å². The lowest BCUT2D eigenvalue weighted by Gasteiger charge is -2.33. The first-order valence-electron chi connectivity index (χ1n) is 12.2. The minimum Gasteiger partial charge on any atom is -0.356 e. The van der Waals surface area contributed by atoms with Gasteiger partial charge in [-0.3, -0.25) is 9.59 Å². The van der Waals surface area contributed by atoms with E-state index in [4.69, 9.17) is 0 Å². The molecule has 2 fully saturated rings. The number of H-pyrrole nitrogens is 1. The van der Waals surface area contributed by atoms with Crippen molar-refractivity contribution in [2.75, 3.05) is 4.90 Å². The number of nitrogens with one attached hydrogen (secondary N) is 2. The van der Waals surface area contributed by atoms with Crippen LogP contribution in [0.15, 0.2) is 48.5 Å². The standard InChI is InChI=1S/C27H28N4O3/c1-16-24-20(18-11-5-7-13-21(18)29-24)15-23-26(33)31(27(34)30(16)23)22-14-8-6-12-19(22)25(32)28-17-9-3-2-4-10-17/h5-8,11-14,16-17,23,29H,2-4,9-10,15H2,1H3,(H,28,32)/t16-,23+/m1/s1. The monoisotopic (exact) mass is 456 g/mol. The SMILES string of the molecule is C[C@@H]1c2[nH]c3ccccc3c2C[C@H]2C(=O)N(c3ccccc3C(=O)NC3CCCCC3)C(=O)N12. The number of urea groups is 1. The molecule has 1 saturated carbocycles. The molecule has 2 atom stereocenters. The zero-order chi connectivity index (χ0) is 23.4. The number of anilines is 1. The summed E-state index contributed by atoms with van der Waals surface area (Å²) in [7, 11) is 0. The van der Waals surface area contributed by atoms with Crippen molar-refractivity contribution < 1.29 is 14.4 Å². The lowest BCUT2D eigenvalue weighted by atomic mass is 9.93. The van der Waals surface area contributed by atoms with Gasteiger partial charge in [-0.05, 0) is 43.5 Å². The molecular formula is C27H28N4O3. The summed E-state index contributed by atoms with van der Waals surface area (Å²) < 4.78 is 0. The highest BCUT2D eigenvalue weighted by Crippen LogP contribution is 2.42. The zero-order valence-corrected chi connectivity index (χ0v) is 19.2. The summed E-state index contributed by atoms with van der Waals surface area (Å²) in [4.78, 5) is 46.8. The van der Waals surface area contributed by atoms with Gasteiger partial charge in [-0.1, -0.05) is 49.6 Å². The average Bonchev–Trinajstić information content (AvgIpc) is 3.35. The van der Waals surface area contributed by atoms with Crippen molar-refractivity contribution in [3.63, 3.8) is 0 Å². The fourth-order valence-corrected chi connectivity index (χ4v) is 5.95. The fraction of sp³-hybridized carbons (Fsp3) is 0.370. The van der Waals surface area contributed by atoms with E-state index in [0.717, 1.165) is 47.8 Å². The Labute approximate surface area is 198 Å². The molecule has 3 aliphatic rings. The second kappa shape index (κ2) is 8.01. The number of rotatable bonds is 3. The van der Waals surface area contributed by atoms with Gasteiger partial charge in [-0.2, -0.15) is 0 Å². The Kier molecular flexibility index (Phi) is 4.94. The van der Waals surface area contributed by atoms with Crippen molar-refractivity contribution in [3.05, 3.63) is 65.4 Å². The minimum absolute atomic E-state index is 0.143. The van der Waals surface area contributed by atoms with Gasteiger partial charge in [-0.15, -0.1) is 0 Å². The molecule has 2 aromatic carbocycles. The molecule has 34 heavy (non-hydrogen) atoms. The Hall–Kier alpha value is -3.61. The molecule has 7 nitrogen and oxygen atoms in total. The molecule has 1 aromatic heterocycles. The Morgan fingerprint density at radius 1 is 1.00 bits per heavy atom. The maximum Gasteiger partial charge on any atom is 0.332 e. The average molecular weight is 457 g/mol. The molecule has 6 rings (SSSR count). The molecule has 0 radical (unpaired) electrons. The van der Waals surface area contributed by atoms with E-state index in [2.05, 4.69) is 16.4 Å². The number of hydrogen-bond acceptors (Lipinski definition) is 3. The topological polar surface area (TPSA) is 85.5 Å². The van der Waals surface area contributed by atoms with Crippen LogP contribution >= 0.6 is 0 Å². The number of imide groups is 1. The van der Waals surface area contributed by atoms with Crippen LogP contribution in [-0.2, 0) is 11.2 Å². The molecule has 1 aliphatic carbocycles. The number of carbonyl (C=O) groups is 3. The first-order valence-corrected chi connectivity index (χ1v) is 12.2. The lowest BCUT2D eigenvalue weighted by Crippen LogP contribution is -2.42. The van der Waals surface area contributed by atoms with Crippen LogP contribution in [0, 0.1) is 0 Å². The first-order chi connectivity index (χ1) is 16.5. The van der Waals surface area contributed by atoms with Crippen molar-refractivity contribution in [2.45, 2.75) is 63.6 Å². The predicted octanol–water partition coefficient (Wildman–Crippen LogP) is 4.68. The van der Waals surface area contributed by atoms with Crippen LogP contribution in [0.5, 0.6) is 0 Å². The molecule has 3 heterocycles. The van der Waals surface area contributed by atoms with Crippen molar-refractivity contribution in [2.24, 2.45) is 0 Å². The van der Waals surface area contributed by atoms with Crippen molar-refractivity contribution >= 4 is 34.4 Å². The first kappa shape index (κ1) is 21.0. The predicted molar refractivity (Wildman–Crippen MR) is 130 cm³/mol.